The third kappa shape index (κ3) is 3.20. The number of carbonyl (C=O) groups excluding carboxylic acids is 1. The van der Waals surface area contributed by atoms with Crippen LogP contribution in [0.25, 0.3) is 10.9 Å². The van der Waals surface area contributed by atoms with Crippen LogP contribution < -0.4 is 14.5 Å². The Morgan fingerprint density at radius 2 is 1.93 bits per heavy atom. The van der Waals surface area contributed by atoms with E-state index in [0.717, 1.165) is 48.5 Å². The molecule has 1 fully saturated rings. The fourth-order valence-electron chi connectivity index (χ4n) is 4.14. The highest BCUT2D eigenvalue weighted by Gasteiger charge is 2.28. The van der Waals surface area contributed by atoms with Crippen molar-refractivity contribution < 1.29 is 9.53 Å². The molecule has 5 rings (SSSR count). The van der Waals surface area contributed by atoms with Gasteiger partial charge in [-0.15, -0.1) is 0 Å². The van der Waals surface area contributed by atoms with Crippen LogP contribution in [0, 0.1) is 0 Å². The number of hydrogen-bond donors (Lipinski definition) is 0. The Morgan fingerprint density at radius 3 is 2.73 bits per heavy atom. The molecule has 30 heavy (non-hydrogen) atoms. The van der Waals surface area contributed by atoms with Crippen molar-refractivity contribution in [3.63, 3.8) is 0 Å². The van der Waals surface area contributed by atoms with Crippen molar-refractivity contribution in [1.82, 2.24) is 24.6 Å². The summed E-state index contributed by atoms with van der Waals surface area (Å²) < 4.78 is 7.48. The van der Waals surface area contributed by atoms with Gasteiger partial charge < -0.3 is 19.4 Å². The van der Waals surface area contributed by atoms with E-state index in [4.69, 9.17) is 4.74 Å². The first kappa shape index (κ1) is 18.7. The topological polar surface area (TPSA) is 79.6 Å². The van der Waals surface area contributed by atoms with Crippen LogP contribution in [0.15, 0.2) is 30.7 Å². The highest BCUT2D eigenvalue weighted by molar-refractivity contribution is 5.96. The summed E-state index contributed by atoms with van der Waals surface area (Å²) in [5, 5.41) is 5.33. The number of rotatable bonds is 3. The van der Waals surface area contributed by atoms with Crippen molar-refractivity contribution in [2.45, 2.75) is 13.0 Å². The normalized spacial score (nSPS) is 16.3. The van der Waals surface area contributed by atoms with E-state index in [0.29, 0.717) is 31.1 Å². The third-order valence-electron chi connectivity index (χ3n) is 5.73. The van der Waals surface area contributed by atoms with Crippen LogP contribution >= 0.6 is 0 Å². The Bertz CT molecular complexity index is 1090. The van der Waals surface area contributed by atoms with E-state index >= 15 is 0 Å². The minimum Gasteiger partial charge on any atom is -0.477 e. The number of carbonyl (C=O) groups is 1. The van der Waals surface area contributed by atoms with Gasteiger partial charge >= 0.3 is 0 Å². The largest absolute Gasteiger partial charge is 0.477 e. The number of ether oxygens (including phenoxy) is 1. The standard InChI is InChI=1S/C21H25N7O2/c1-25(2)19-16-12-15(4-5-18(16)22-14-23-19)26-7-9-27(10-8-26)20(29)17-13-24-28-6-3-11-30-21(17)28/h4-5,12-14H,3,6-11H2,1-2H3. The third-order valence-corrected chi connectivity index (χ3v) is 5.73. The van der Waals surface area contributed by atoms with E-state index in [2.05, 4.69) is 32.1 Å². The number of aryl methyl sites for hydroxylation is 1. The molecule has 1 amide bonds. The van der Waals surface area contributed by atoms with Crippen molar-refractivity contribution in [3.05, 3.63) is 36.3 Å². The van der Waals surface area contributed by atoms with Gasteiger partial charge in [0.1, 0.15) is 17.7 Å². The van der Waals surface area contributed by atoms with Gasteiger partial charge in [0, 0.05) is 64.3 Å². The number of fused-ring (bicyclic) bond motifs is 2. The zero-order chi connectivity index (χ0) is 20.7. The zero-order valence-corrected chi connectivity index (χ0v) is 17.3. The summed E-state index contributed by atoms with van der Waals surface area (Å²) in [5.41, 5.74) is 2.62. The van der Waals surface area contributed by atoms with Crippen molar-refractivity contribution in [3.8, 4) is 5.88 Å². The molecule has 0 atom stereocenters. The van der Waals surface area contributed by atoms with Crippen molar-refractivity contribution in [2.75, 3.05) is 56.7 Å². The van der Waals surface area contributed by atoms with Crippen LogP contribution in [0.4, 0.5) is 11.5 Å². The van der Waals surface area contributed by atoms with Crippen LogP contribution in [0.3, 0.4) is 0 Å². The first-order chi connectivity index (χ1) is 14.6. The van der Waals surface area contributed by atoms with Crippen molar-refractivity contribution in [1.29, 1.82) is 0 Å². The molecule has 9 nitrogen and oxygen atoms in total. The molecule has 0 spiro atoms. The van der Waals surface area contributed by atoms with Gasteiger partial charge in [-0.2, -0.15) is 5.10 Å². The van der Waals surface area contributed by atoms with E-state index in [1.807, 2.05) is 30.0 Å². The molecule has 0 aliphatic carbocycles. The summed E-state index contributed by atoms with van der Waals surface area (Å²) in [6.45, 7) is 4.30. The molecule has 0 unspecified atom stereocenters. The average molecular weight is 407 g/mol. The van der Waals surface area contributed by atoms with Crippen LogP contribution in [-0.2, 0) is 6.54 Å². The molecule has 9 heteroatoms. The lowest BCUT2D eigenvalue weighted by atomic mass is 10.1. The summed E-state index contributed by atoms with van der Waals surface area (Å²) in [6, 6.07) is 6.27. The maximum absolute atomic E-state index is 13.0. The second-order valence-corrected chi connectivity index (χ2v) is 7.86. The summed E-state index contributed by atoms with van der Waals surface area (Å²) >= 11 is 0. The van der Waals surface area contributed by atoms with Gasteiger partial charge in [0.2, 0.25) is 5.88 Å². The van der Waals surface area contributed by atoms with E-state index in [-0.39, 0.29) is 5.91 Å². The minimum atomic E-state index is -0.000365. The van der Waals surface area contributed by atoms with Gasteiger partial charge in [-0.3, -0.25) is 4.79 Å². The Balaban J connectivity index is 1.32. The van der Waals surface area contributed by atoms with Gasteiger partial charge in [-0.25, -0.2) is 14.6 Å². The van der Waals surface area contributed by atoms with Crippen LogP contribution in [0.2, 0.25) is 0 Å². The van der Waals surface area contributed by atoms with Crippen molar-refractivity contribution >= 4 is 28.3 Å². The molecule has 0 N–H and O–H groups in total. The zero-order valence-electron chi connectivity index (χ0n) is 17.3. The van der Waals surface area contributed by atoms with Crippen LogP contribution in [-0.4, -0.2) is 77.4 Å². The summed E-state index contributed by atoms with van der Waals surface area (Å²) in [6.07, 6.45) is 4.16. The molecule has 2 aliphatic rings. The minimum absolute atomic E-state index is 0.000365. The van der Waals surface area contributed by atoms with Crippen LogP contribution in [0.5, 0.6) is 5.88 Å². The average Bonchev–Trinajstić information content (AvgIpc) is 3.22. The summed E-state index contributed by atoms with van der Waals surface area (Å²) in [4.78, 5) is 28.0. The second kappa shape index (κ2) is 7.47. The quantitative estimate of drug-likeness (QED) is 0.653. The molecule has 1 saturated heterocycles. The highest BCUT2D eigenvalue weighted by Crippen LogP contribution is 2.28. The number of nitrogens with zero attached hydrogens (tertiary/aromatic N) is 7. The van der Waals surface area contributed by atoms with E-state index in [1.54, 1.807) is 17.2 Å². The predicted molar refractivity (Wildman–Crippen MR) is 114 cm³/mol. The number of hydrogen-bond acceptors (Lipinski definition) is 7. The summed E-state index contributed by atoms with van der Waals surface area (Å²) in [5.74, 6) is 1.51. The van der Waals surface area contributed by atoms with Crippen LogP contribution in [0.1, 0.15) is 16.8 Å². The number of benzene rings is 1. The number of anilines is 2. The molecular formula is C21H25N7O2. The van der Waals surface area contributed by atoms with Gasteiger partial charge in [-0.1, -0.05) is 0 Å². The highest BCUT2D eigenvalue weighted by atomic mass is 16.5. The van der Waals surface area contributed by atoms with E-state index in [9.17, 15) is 4.79 Å². The Labute approximate surface area is 174 Å². The molecule has 2 aliphatic heterocycles. The molecular weight excluding hydrogens is 382 g/mol. The van der Waals surface area contributed by atoms with E-state index in [1.165, 1.54) is 0 Å². The smallest absolute Gasteiger partial charge is 0.261 e. The SMILES string of the molecule is CN(C)c1ncnc2ccc(N3CCN(C(=O)c4cnn5c4OCCC5)CC3)cc12. The molecule has 156 valence electrons. The second-order valence-electron chi connectivity index (χ2n) is 7.86. The number of amides is 1. The molecule has 0 radical (unpaired) electrons. The van der Waals surface area contributed by atoms with E-state index < -0.39 is 0 Å². The number of piperazine rings is 1. The molecule has 0 saturated carbocycles. The fraction of sp³-hybridized carbons (Fsp3) is 0.429. The first-order valence-corrected chi connectivity index (χ1v) is 10.3. The van der Waals surface area contributed by atoms with Crippen molar-refractivity contribution in [2.24, 2.45) is 0 Å². The molecule has 0 bridgehead atoms. The van der Waals surface area contributed by atoms with Gasteiger partial charge in [-0.05, 0) is 18.2 Å². The lowest BCUT2D eigenvalue weighted by Crippen LogP contribution is -2.48. The Kier molecular flexibility index (Phi) is 4.65. The first-order valence-electron chi connectivity index (χ1n) is 10.3. The molecule has 3 aromatic rings. The Morgan fingerprint density at radius 1 is 1.10 bits per heavy atom. The maximum atomic E-state index is 13.0. The Hall–Kier alpha value is -3.36. The van der Waals surface area contributed by atoms with Gasteiger partial charge in [0.25, 0.3) is 5.91 Å². The monoisotopic (exact) mass is 407 g/mol. The number of aromatic nitrogens is 4. The fourth-order valence-corrected chi connectivity index (χ4v) is 4.14. The molecule has 1 aromatic carbocycles. The lowest BCUT2D eigenvalue weighted by molar-refractivity contribution is 0.0740. The van der Waals surface area contributed by atoms with Gasteiger partial charge in [0.15, 0.2) is 0 Å². The maximum Gasteiger partial charge on any atom is 0.261 e. The summed E-state index contributed by atoms with van der Waals surface area (Å²) in [7, 11) is 3.97. The lowest BCUT2D eigenvalue weighted by Gasteiger charge is -2.36. The molecule has 4 heterocycles. The predicted octanol–water partition coefficient (Wildman–Crippen LogP) is 1.64. The molecule has 2 aromatic heterocycles. The van der Waals surface area contributed by atoms with Gasteiger partial charge in [0.05, 0.1) is 18.3 Å².